The number of aryl methyl sites for hydroxylation is 1. The summed E-state index contributed by atoms with van der Waals surface area (Å²) in [6.07, 6.45) is 0. The van der Waals surface area contributed by atoms with E-state index in [1.807, 2.05) is 6.92 Å². The molecule has 100 valence electrons. The standard InChI is InChI=1S/C15H20N4/c1-10(2)19-11(3)17-18-15(19)14-9-16-8-12-6-4-5-7-13(12)14/h4-7,10,14,16H,8-9H2,1-3H3. The topological polar surface area (TPSA) is 42.7 Å². The van der Waals surface area contributed by atoms with Gasteiger partial charge >= 0.3 is 0 Å². The quantitative estimate of drug-likeness (QED) is 0.897. The molecule has 0 saturated heterocycles. The van der Waals surface area contributed by atoms with Crippen molar-refractivity contribution in [2.75, 3.05) is 6.54 Å². The molecule has 4 heteroatoms. The third-order valence-corrected chi connectivity index (χ3v) is 3.82. The zero-order valence-electron chi connectivity index (χ0n) is 11.7. The second-order valence-electron chi connectivity index (χ2n) is 5.45. The van der Waals surface area contributed by atoms with Crippen molar-refractivity contribution in [2.45, 2.75) is 39.3 Å². The lowest BCUT2D eigenvalue weighted by Crippen LogP contribution is -2.30. The smallest absolute Gasteiger partial charge is 0.142 e. The molecule has 1 aromatic heterocycles. The van der Waals surface area contributed by atoms with Crippen LogP contribution in [0.4, 0.5) is 0 Å². The van der Waals surface area contributed by atoms with Gasteiger partial charge in [0.25, 0.3) is 0 Å². The molecule has 1 N–H and O–H groups in total. The van der Waals surface area contributed by atoms with Crippen LogP contribution in [0.2, 0.25) is 0 Å². The molecule has 0 aliphatic carbocycles. The van der Waals surface area contributed by atoms with Gasteiger partial charge in [0.2, 0.25) is 0 Å². The van der Waals surface area contributed by atoms with E-state index >= 15 is 0 Å². The lowest BCUT2D eigenvalue weighted by atomic mass is 9.90. The van der Waals surface area contributed by atoms with Gasteiger partial charge in [-0.3, -0.25) is 0 Å². The Bertz CT molecular complexity index is 586. The Morgan fingerprint density at radius 1 is 1.26 bits per heavy atom. The molecule has 1 aromatic carbocycles. The number of benzene rings is 1. The molecule has 0 amide bonds. The van der Waals surface area contributed by atoms with Crippen molar-refractivity contribution in [3.05, 3.63) is 47.0 Å². The van der Waals surface area contributed by atoms with E-state index in [-0.39, 0.29) is 0 Å². The van der Waals surface area contributed by atoms with E-state index < -0.39 is 0 Å². The molecule has 0 bridgehead atoms. The molecule has 2 heterocycles. The highest BCUT2D eigenvalue weighted by molar-refractivity contribution is 5.36. The summed E-state index contributed by atoms with van der Waals surface area (Å²) in [6, 6.07) is 9.01. The van der Waals surface area contributed by atoms with Gasteiger partial charge in [-0.2, -0.15) is 0 Å². The Labute approximate surface area is 113 Å². The average molecular weight is 256 g/mol. The van der Waals surface area contributed by atoms with E-state index in [0.29, 0.717) is 12.0 Å². The fourth-order valence-electron chi connectivity index (χ4n) is 2.99. The van der Waals surface area contributed by atoms with Crippen molar-refractivity contribution >= 4 is 0 Å². The molecular formula is C15H20N4. The van der Waals surface area contributed by atoms with Gasteiger partial charge in [-0.05, 0) is 31.9 Å². The molecule has 3 rings (SSSR count). The normalized spacial score (nSPS) is 18.6. The van der Waals surface area contributed by atoms with E-state index in [9.17, 15) is 0 Å². The SMILES string of the molecule is Cc1nnc(C2CNCc3ccccc32)n1C(C)C. The van der Waals surface area contributed by atoms with Gasteiger partial charge in [-0.15, -0.1) is 10.2 Å². The second-order valence-corrected chi connectivity index (χ2v) is 5.45. The number of aromatic nitrogens is 3. The van der Waals surface area contributed by atoms with E-state index in [1.165, 1.54) is 11.1 Å². The van der Waals surface area contributed by atoms with E-state index in [4.69, 9.17) is 0 Å². The van der Waals surface area contributed by atoms with Crippen LogP contribution in [0.5, 0.6) is 0 Å². The minimum Gasteiger partial charge on any atom is -0.312 e. The van der Waals surface area contributed by atoms with Crippen LogP contribution >= 0.6 is 0 Å². The Balaban J connectivity index is 2.09. The maximum atomic E-state index is 4.43. The molecule has 1 unspecified atom stereocenters. The lowest BCUT2D eigenvalue weighted by molar-refractivity contribution is 0.504. The number of hydrogen-bond donors (Lipinski definition) is 1. The maximum Gasteiger partial charge on any atom is 0.142 e. The monoisotopic (exact) mass is 256 g/mol. The van der Waals surface area contributed by atoms with Crippen molar-refractivity contribution in [2.24, 2.45) is 0 Å². The van der Waals surface area contributed by atoms with Crippen molar-refractivity contribution in [1.82, 2.24) is 20.1 Å². The maximum absolute atomic E-state index is 4.43. The van der Waals surface area contributed by atoms with Gasteiger partial charge in [0.1, 0.15) is 11.6 Å². The van der Waals surface area contributed by atoms with Crippen LogP contribution < -0.4 is 5.32 Å². The Morgan fingerprint density at radius 2 is 2.05 bits per heavy atom. The lowest BCUT2D eigenvalue weighted by Gasteiger charge is -2.27. The largest absolute Gasteiger partial charge is 0.312 e. The van der Waals surface area contributed by atoms with Crippen LogP contribution in [0, 0.1) is 6.92 Å². The van der Waals surface area contributed by atoms with Crippen LogP contribution in [0.25, 0.3) is 0 Å². The van der Waals surface area contributed by atoms with Crippen LogP contribution in [-0.4, -0.2) is 21.3 Å². The van der Waals surface area contributed by atoms with Gasteiger partial charge in [0, 0.05) is 19.1 Å². The van der Waals surface area contributed by atoms with Crippen LogP contribution in [0.3, 0.4) is 0 Å². The minimum atomic E-state index is 0.300. The second kappa shape index (κ2) is 4.78. The molecule has 0 spiro atoms. The molecule has 1 aliphatic rings. The first-order valence-corrected chi connectivity index (χ1v) is 6.88. The fourth-order valence-corrected chi connectivity index (χ4v) is 2.99. The summed E-state index contributed by atoms with van der Waals surface area (Å²) in [6.45, 7) is 8.27. The summed E-state index contributed by atoms with van der Waals surface area (Å²) >= 11 is 0. The van der Waals surface area contributed by atoms with Gasteiger partial charge in [-0.25, -0.2) is 0 Å². The first-order chi connectivity index (χ1) is 9.18. The fraction of sp³-hybridized carbons (Fsp3) is 0.467. The van der Waals surface area contributed by atoms with Crippen LogP contribution in [0.15, 0.2) is 24.3 Å². The van der Waals surface area contributed by atoms with Crippen molar-refractivity contribution in [1.29, 1.82) is 0 Å². The Morgan fingerprint density at radius 3 is 2.84 bits per heavy atom. The van der Waals surface area contributed by atoms with Crippen LogP contribution in [-0.2, 0) is 6.54 Å². The highest BCUT2D eigenvalue weighted by Crippen LogP contribution is 2.30. The molecule has 1 atom stereocenters. The predicted molar refractivity (Wildman–Crippen MR) is 75.1 cm³/mol. The molecule has 0 radical (unpaired) electrons. The summed E-state index contributed by atoms with van der Waals surface area (Å²) in [4.78, 5) is 0. The van der Waals surface area contributed by atoms with Crippen molar-refractivity contribution in [3.8, 4) is 0 Å². The zero-order chi connectivity index (χ0) is 13.4. The highest BCUT2D eigenvalue weighted by Gasteiger charge is 2.27. The Kier molecular flexibility index (Phi) is 3.11. The number of fused-ring (bicyclic) bond motifs is 1. The van der Waals surface area contributed by atoms with Crippen molar-refractivity contribution in [3.63, 3.8) is 0 Å². The average Bonchev–Trinajstić information content (AvgIpc) is 2.80. The zero-order valence-corrected chi connectivity index (χ0v) is 11.7. The van der Waals surface area contributed by atoms with E-state index in [0.717, 1.165) is 24.7 Å². The molecule has 19 heavy (non-hydrogen) atoms. The van der Waals surface area contributed by atoms with Gasteiger partial charge in [0.15, 0.2) is 0 Å². The number of nitrogens with one attached hydrogen (secondary N) is 1. The Hall–Kier alpha value is -1.68. The predicted octanol–water partition coefficient (Wildman–Crippen LogP) is 2.40. The third-order valence-electron chi connectivity index (χ3n) is 3.82. The highest BCUT2D eigenvalue weighted by atomic mass is 15.3. The summed E-state index contributed by atoms with van der Waals surface area (Å²) in [7, 11) is 0. The number of hydrogen-bond acceptors (Lipinski definition) is 3. The van der Waals surface area contributed by atoms with E-state index in [2.05, 4.69) is 58.2 Å². The molecule has 0 fully saturated rings. The van der Waals surface area contributed by atoms with Crippen molar-refractivity contribution < 1.29 is 0 Å². The first-order valence-electron chi connectivity index (χ1n) is 6.88. The molecule has 0 saturated carbocycles. The molecule has 1 aliphatic heterocycles. The number of nitrogens with zero attached hydrogens (tertiary/aromatic N) is 3. The van der Waals surface area contributed by atoms with E-state index in [1.54, 1.807) is 0 Å². The minimum absolute atomic E-state index is 0.300. The van der Waals surface area contributed by atoms with Crippen LogP contribution in [0.1, 0.15) is 48.6 Å². The summed E-state index contributed by atoms with van der Waals surface area (Å²) < 4.78 is 2.24. The van der Waals surface area contributed by atoms with Gasteiger partial charge < -0.3 is 9.88 Å². The molecule has 2 aromatic rings. The molecular weight excluding hydrogens is 236 g/mol. The van der Waals surface area contributed by atoms with Gasteiger partial charge in [-0.1, -0.05) is 24.3 Å². The summed E-state index contributed by atoms with van der Waals surface area (Å²) in [5.41, 5.74) is 2.75. The molecule has 4 nitrogen and oxygen atoms in total. The summed E-state index contributed by atoms with van der Waals surface area (Å²) in [5, 5.41) is 12.2. The van der Waals surface area contributed by atoms with Gasteiger partial charge in [0.05, 0.1) is 5.92 Å². The first kappa shape index (κ1) is 12.4. The number of rotatable bonds is 2. The third kappa shape index (κ3) is 2.06. The summed E-state index contributed by atoms with van der Waals surface area (Å²) in [5.74, 6) is 2.37.